The molecule has 0 amide bonds. The molecule has 0 heterocycles. The summed E-state index contributed by atoms with van der Waals surface area (Å²) >= 11 is 5.27. The van der Waals surface area contributed by atoms with E-state index in [1.807, 2.05) is 6.26 Å². The van der Waals surface area contributed by atoms with Crippen LogP contribution in [0.3, 0.4) is 0 Å². The summed E-state index contributed by atoms with van der Waals surface area (Å²) in [5, 5.41) is 5.84. The van der Waals surface area contributed by atoms with E-state index in [2.05, 4.69) is 24.1 Å². The van der Waals surface area contributed by atoms with E-state index in [4.69, 9.17) is 11.1 Å². The van der Waals surface area contributed by atoms with Gasteiger partial charge in [-0.25, -0.2) is 0 Å². The highest BCUT2D eigenvalue weighted by atomic mass is 32.2. The Balaban J connectivity index is 0. The van der Waals surface area contributed by atoms with E-state index in [0.717, 1.165) is 12.2 Å². The van der Waals surface area contributed by atoms with Crippen LogP contribution in [0.15, 0.2) is 0 Å². The molecule has 78 valence electrons. The molecular formula is C6H16N4OS2. The Morgan fingerprint density at radius 3 is 2.23 bits per heavy atom. The smallest absolute Gasteiger partial charge is 0.202 e. The van der Waals surface area contributed by atoms with Crippen LogP contribution < -0.4 is 17.2 Å². The molecule has 0 aromatic heterocycles. The van der Waals surface area contributed by atoms with Crippen molar-refractivity contribution in [3.05, 3.63) is 0 Å². The zero-order valence-corrected chi connectivity index (χ0v) is 9.20. The number of nitrogens with two attached hydrogens (primary N) is 3. The zero-order valence-electron chi connectivity index (χ0n) is 7.49. The first-order valence-electron chi connectivity index (χ1n) is 3.48. The Kier molecular flexibility index (Phi) is 11.2. The number of hydrogen-bond acceptors (Lipinski definition) is 4. The van der Waals surface area contributed by atoms with Crippen LogP contribution in [0.1, 0.15) is 6.42 Å². The second kappa shape index (κ2) is 9.69. The average molecular weight is 224 g/mol. The first kappa shape index (κ1) is 15.1. The fourth-order valence-electron chi connectivity index (χ4n) is 0.368. The Hall–Kier alpha value is -0.400. The summed E-state index contributed by atoms with van der Waals surface area (Å²) in [4.78, 5) is 10.4. The van der Waals surface area contributed by atoms with Crippen molar-refractivity contribution in [1.29, 1.82) is 5.41 Å². The van der Waals surface area contributed by atoms with Crippen LogP contribution in [0.4, 0.5) is 0 Å². The van der Waals surface area contributed by atoms with Crippen LogP contribution >= 0.6 is 24.4 Å². The van der Waals surface area contributed by atoms with Gasteiger partial charge in [0.15, 0.2) is 5.96 Å². The fourth-order valence-corrected chi connectivity index (χ4v) is 0.987. The van der Waals surface area contributed by atoms with Crippen molar-refractivity contribution in [2.75, 3.05) is 12.0 Å². The third kappa shape index (κ3) is 18.5. The van der Waals surface area contributed by atoms with Gasteiger partial charge in [-0.3, -0.25) is 10.2 Å². The molecule has 0 aliphatic carbocycles. The molecule has 7 heteroatoms. The molecule has 0 bridgehead atoms. The highest BCUT2D eigenvalue weighted by Crippen LogP contribution is 2.00. The monoisotopic (exact) mass is 224 g/mol. The number of thiol groups is 1. The number of hydrogen-bond donors (Lipinski definition) is 5. The Labute approximate surface area is 87.7 Å². The fraction of sp³-hybridized carbons (Fsp3) is 0.667. The van der Waals surface area contributed by atoms with E-state index in [1.165, 1.54) is 0 Å². The van der Waals surface area contributed by atoms with Crippen molar-refractivity contribution in [2.45, 2.75) is 12.5 Å². The van der Waals surface area contributed by atoms with Gasteiger partial charge in [0.2, 0.25) is 5.12 Å². The van der Waals surface area contributed by atoms with E-state index in [1.54, 1.807) is 11.8 Å². The summed E-state index contributed by atoms with van der Waals surface area (Å²) in [6.07, 6.45) is 2.71. The standard InChI is InChI=1S/C5H11NOS2.CH5N3/c1-9-3-2-4(6)5(7)8;2-1(3)4/h4H,2-3,6H2,1H3,(H,7,8);(H5,2,3,4)/t4-;/m0./s1. The van der Waals surface area contributed by atoms with Gasteiger partial charge in [0, 0.05) is 0 Å². The summed E-state index contributed by atoms with van der Waals surface area (Å²) in [6, 6.07) is -0.374. The molecule has 0 fully saturated rings. The molecule has 0 saturated carbocycles. The van der Waals surface area contributed by atoms with Crippen molar-refractivity contribution < 1.29 is 4.79 Å². The predicted octanol–water partition coefficient (Wildman–Crippen LogP) is -0.638. The summed E-state index contributed by atoms with van der Waals surface area (Å²) in [5.41, 5.74) is 14.3. The molecule has 13 heavy (non-hydrogen) atoms. The van der Waals surface area contributed by atoms with Gasteiger partial charge >= 0.3 is 0 Å². The second-order valence-corrected chi connectivity index (χ2v) is 3.61. The van der Waals surface area contributed by atoms with Crippen LogP contribution in [-0.4, -0.2) is 29.1 Å². The lowest BCUT2D eigenvalue weighted by atomic mass is 10.3. The summed E-state index contributed by atoms with van der Waals surface area (Å²) in [5.74, 6) is 0.591. The zero-order chi connectivity index (χ0) is 10.9. The quantitative estimate of drug-likeness (QED) is 0.247. The van der Waals surface area contributed by atoms with Gasteiger partial charge in [0.05, 0.1) is 6.04 Å². The van der Waals surface area contributed by atoms with Gasteiger partial charge in [-0.05, 0) is 18.4 Å². The maximum Gasteiger partial charge on any atom is 0.202 e. The van der Waals surface area contributed by atoms with Gasteiger partial charge in [-0.2, -0.15) is 11.8 Å². The van der Waals surface area contributed by atoms with E-state index in [-0.39, 0.29) is 17.1 Å². The molecule has 0 radical (unpaired) electrons. The molecule has 0 aliphatic rings. The average Bonchev–Trinajstić information content (AvgIpc) is 1.98. The lowest BCUT2D eigenvalue weighted by Gasteiger charge is -2.03. The highest BCUT2D eigenvalue weighted by molar-refractivity contribution is 7.98. The van der Waals surface area contributed by atoms with Crippen molar-refractivity contribution in [2.24, 2.45) is 17.2 Å². The topological polar surface area (TPSA) is 119 Å². The van der Waals surface area contributed by atoms with Crippen LogP contribution in [-0.2, 0) is 4.79 Å². The Morgan fingerprint density at radius 2 is 2.00 bits per heavy atom. The number of carbonyl (C=O) groups excluding carboxylic acids is 1. The molecule has 0 aromatic carbocycles. The summed E-state index contributed by atoms with van der Waals surface area (Å²) in [6.45, 7) is 0. The van der Waals surface area contributed by atoms with E-state index in [0.29, 0.717) is 0 Å². The van der Waals surface area contributed by atoms with Gasteiger partial charge in [-0.15, -0.1) is 12.6 Å². The molecule has 0 rings (SSSR count). The molecule has 0 saturated heterocycles. The van der Waals surface area contributed by atoms with Crippen molar-refractivity contribution in [3.63, 3.8) is 0 Å². The molecule has 0 aliphatic heterocycles. The minimum absolute atomic E-state index is 0.218. The SMILES string of the molecule is CSCC[C@H](N)C(=O)S.N=C(N)N. The normalized spacial score (nSPS) is 11.0. The Bertz CT molecular complexity index is 161. The number of nitrogens with one attached hydrogen (secondary N) is 1. The van der Waals surface area contributed by atoms with Crippen molar-refractivity contribution >= 4 is 35.5 Å². The van der Waals surface area contributed by atoms with Gasteiger partial charge in [-0.1, -0.05) is 0 Å². The lowest BCUT2D eigenvalue weighted by Crippen LogP contribution is -2.27. The largest absolute Gasteiger partial charge is 0.370 e. The van der Waals surface area contributed by atoms with Crippen molar-refractivity contribution in [1.82, 2.24) is 0 Å². The molecule has 7 N–H and O–H groups in total. The summed E-state index contributed by atoms with van der Waals surface area (Å²) < 4.78 is 0. The third-order valence-electron chi connectivity index (χ3n) is 0.950. The van der Waals surface area contributed by atoms with E-state index >= 15 is 0 Å². The lowest BCUT2D eigenvalue weighted by molar-refractivity contribution is -0.111. The molecule has 0 aromatic rings. The maximum atomic E-state index is 10.4. The van der Waals surface area contributed by atoms with Gasteiger partial charge in [0.1, 0.15) is 0 Å². The van der Waals surface area contributed by atoms with Gasteiger partial charge in [0.25, 0.3) is 0 Å². The van der Waals surface area contributed by atoms with Crippen LogP contribution in [0.2, 0.25) is 0 Å². The third-order valence-corrected chi connectivity index (χ3v) is 1.93. The minimum atomic E-state index is -0.374. The molecule has 0 unspecified atom stereocenters. The van der Waals surface area contributed by atoms with E-state index < -0.39 is 0 Å². The second-order valence-electron chi connectivity index (χ2n) is 2.18. The number of thioether (sulfide) groups is 1. The van der Waals surface area contributed by atoms with Crippen LogP contribution in [0, 0.1) is 5.41 Å². The Morgan fingerprint density at radius 1 is 1.62 bits per heavy atom. The molecule has 1 atom stereocenters. The number of guanidine groups is 1. The number of carbonyl (C=O) groups is 1. The van der Waals surface area contributed by atoms with E-state index in [9.17, 15) is 4.79 Å². The first-order chi connectivity index (χ1) is 5.91. The van der Waals surface area contributed by atoms with Crippen LogP contribution in [0.5, 0.6) is 0 Å². The molecule has 0 spiro atoms. The first-order valence-corrected chi connectivity index (χ1v) is 5.32. The van der Waals surface area contributed by atoms with Crippen molar-refractivity contribution in [3.8, 4) is 0 Å². The predicted molar refractivity (Wildman–Crippen MR) is 61.1 cm³/mol. The van der Waals surface area contributed by atoms with Gasteiger partial charge < -0.3 is 17.2 Å². The summed E-state index contributed by atoms with van der Waals surface area (Å²) in [7, 11) is 0. The minimum Gasteiger partial charge on any atom is -0.370 e. The van der Waals surface area contributed by atoms with Crippen LogP contribution in [0.25, 0.3) is 0 Å². The number of rotatable bonds is 4. The maximum absolute atomic E-state index is 10.4. The molecular weight excluding hydrogens is 208 g/mol. The molecule has 5 nitrogen and oxygen atoms in total. The highest BCUT2D eigenvalue weighted by Gasteiger charge is 2.06.